The molecule has 2 N–H and O–H groups in total. The van der Waals surface area contributed by atoms with Gasteiger partial charge in [-0.1, -0.05) is 29.8 Å². The molecule has 1 saturated heterocycles. The number of nitrogens with zero attached hydrogens (tertiary/aromatic N) is 1. The van der Waals surface area contributed by atoms with Gasteiger partial charge in [0.1, 0.15) is 5.75 Å². The van der Waals surface area contributed by atoms with Crippen molar-refractivity contribution >= 4 is 21.6 Å². The zero-order valence-electron chi connectivity index (χ0n) is 14.6. The van der Waals surface area contributed by atoms with Gasteiger partial charge < -0.3 is 10.4 Å². The predicted octanol–water partition coefficient (Wildman–Crippen LogP) is 2.67. The van der Waals surface area contributed by atoms with Crippen LogP contribution in [0, 0.1) is 6.92 Å². The molecule has 2 aromatic carbocycles. The Balaban J connectivity index is 1.77. The summed E-state index contributed by atoms with van der Waals surface area (Å²) in [6.45, 7) is 2.96. The number of hydrogen-bond acceptors (Lipinski definition) is 4. The summed E-state index contributed by atoms with van der Waals surface area (Å²) in [6, 6.07) is 11.5. The number of carbonyl (C=O) groups excluding carboxylic acids is 1. The molecule has 1 aliphatic heterocycles. The van der Waals surface area contributed by atoms with Gasteiger partial charge >= 0.3 is 0 Å². The Bertz CT molecular complexity index is 902. The first kappa shape index (κ1) is 18.4. The smallest absolute Gasteiger partial charge is 0.243 e. The lowest BCUT2D eigenvalue weighted by Crippen LogP contribution is -2.28. The van der Waals surface area contributed by atoms with Crippen molar-refractivity contribution in [2.45, 2.75) is 31.1 Å². The molecule has 138 valence electrons. The Labute approximate surface area is 153 Å². The predicted molar refractivity (Wildman–Crippen MR) is 99.6 cm³/mol. The van der Waals surface area contributed by atoms with Crippen LogP contribution in [0.15, 0.2) is 47.4 Å². The van der Waals surface area contributed by atoms with Crippen LogP contribution >= 0.6 is 0 Å². The lowest BCUT2D eigenvalue weighted by molar-refractivity contribution is -0.115. The number of rotatable bonds is 5. The first-order valence-electron chi connectivity index (χ1n) is 8.55. The number of amides is 1. The molecule has 0 atom stereocenters. The third kappa shape index (κ3) is 4.05. The fourth-order valence-electron chi connectivity index (χ4n) is 2.94. The van der Waals surface area contributed by atoms with Crippen molar-refractivity contribution in [1.82, 2.24) is 4.31 Å². The fourth-order valence-corrected chi connectivity index (χ4v) is 4.48. The molecule has 0 radical (unpaired) electrons. The molecule has 1 aliphatic rings. The minimum atomic E-state index is -3.61. The molecule has 1 heterocycles. The van der Waals surface area contributed by atoms with Crippen molar-refractivity contribution in [2.24, 2.45) is 0 Å². The van der Waals surface area contributed by atoms with Crippen LogP contribution in [0.25, 0.3) is 0 Å². The van der Waals surface area contributed by atoms with Gasteiger partial charge in [0.25, 0.3) is 0 Å². The maximum atomic E-state index is 12.6. The van der Waals surface area contributed by atoms with Gasteiger partial charge in [-0.25, -0.2) is 8.42 Å². The first-order valence-corrected chi connectivity index (χ1v) is 9.99. The number of phenols is 1. The van der Waals surface area contributed by atoms with Crippen LogP contribution in [-0.2, 0) is 21.2 Å². The van der Waals surface area contributed by atoms with Crippen LogP contribution in [-0.4, -0.2) is 36.8 Å². The van der Waals surface area contributed by atoms with E-state index in [0.29, 0.717) is 13.1 Å². The molecule has 7 heteroatoms. The van der Waals surface area contributed by atoms with E-state index in [1.807, 2.05) is 31.2 Å². The molecule has 0 aliphatic carbocycles. The van der Waals surface area contributed by atoms with Crippen molar-refractivity contribution in [1.29, 1.82) is 0 Å². The van der Waals surface area contributed by atoms with Crippen LogP contribution in [0.4, 0.5) is 5.69 Å². The molecule has 0 bridgehead atoms. The second-order valence-electron chi connectivity index (χ2n) is 6.50. The number of benzene rings is 2. The Hall–Kier alpha value is -2.38. The van der Waals surface area contributed by atoms with Crippen LogP contribution < -0.4 is 5.32 Å². The van der Waals surface area contributed by atoms with Crippen molar-refractivity contribution in [3.05, 3.63) is 53.6 Å². The van der Waals surface area contributed by atoms with E-state index in [4.69, 9.17) is 0 Å². The number of sulfonamides is 1. The summed E-state index contributed by atoms with van der Waals surface area (Å²) in [5.41, 5.74) is 2.04. The van der Waals surface area contributed by atoms with Gasteiger partial charge in [0, 0.05) is 13.1 Å². The van der Waals surface area contributed by atoms with E-state index >= 15 is 0 Å². The molecule has 0 saturated carbocycles. The number of phenolic OH excluding ortho intramolecular Hbond substituents is 1. The maximum absolute atomic E-state index is 12.6. The highest BCUT2D eigenvalue weighted by molar-refractivity contribution is 7.89. The van der Waals surface area contributed by atoms with Crippen LogP contribution in [0.2, 0.25) is 0 Å². The molecule has 6 nitrogen and oxygen atoms in total. The summed E-state index contributed by atoms with van der Waals surface area (Å²) in [6.07, 6.45) is 1.83. The molecular weight excluding hydrogens is 352 g/mol. The van der Waals surface area contributed by atoms with Crippen LogP contribution in [0.1, 0.15) is 24.0 Å². The molecule has 2 aromatic rings. The fraction of sp³-hybridized carbons (Fsp3) is 0.316. The quantitative estimate of drug-likeness (QED) is 0.788. The highest BCUT2D eigenvalue weighted by Crippen LogP contribution is 2.29. The van der Waals surface area contributed by atoms with Crippen molar-refractivity contribution < 1.29 is 18.3 Å². The van der Waals surface area contributed by atoms with E-state index in [-0.39, 0.29) is 28.7 Å². The van der Waals surface area contributed by atoms with Crippen molar-refractivity contribution in [3.8, 4) is 5.75 Å². The maximum Gasteiger partial charge on any atom is 0.243 e. The van der Waals surface area contributed by atoms with E-state index in [1.165, 1.54) is 22.5 Å². The summed E-state index contributed by atoms with van der Waals surface area (Å²) in [5.74, 6) is -0.484. The third-order valence-corrected chi connectivity index (χ3v) is 6.32. The monoisotopic (exact) mass is 374 g/mol. The number of aryl methyl sites for hydroxylation is 1. The molecular formula is C19H22N2O4S. The van der Waals surface area contributed by atoms with Gasteiger partial charge in [-0.05, 0) is 43.5 Å². The van der Waals surface area contributed by atoms with E-state index < -0.39 is 10.0 Å². The van der Waals surface area contributed by atoms with Crippen LogP contribution in [0.3, 0.4) is 0 Å². The van der Waals surface area contributed by atoms with Crippen LogP contribution in [0.5, 0.6) is 5.75 Å². The number of anilines is 1. The van der Waals surface area contributed by atoms with Gasteiger partial charge in [-0.15, -0.1) is 0 Å². The van der Waals surface area contributed by atoms with Gasteiger partial charge in [-0.3, -0.25) is 4.79 Å². The highest BCUT2D eigenvalue weighted by Gasteiger charge is 2.27. The molecule has 1 fully saturated rings. The van der Waals surface area contributed by atoms with Gasteiger partial charge in [0.15, 0.2) is 0 Å². The van der Waals surface area contributed by atoms with Gasteiger partial charge in [0.2, 0.25) is 15.9 Å². The van der Waals surface area contributed by atoms with Gasteiger partial charge in [0.05, 0.1) is 17.0 Å². The molecule has 26 heavy (non-hydrogen) atoms. The van der Waals surface area contributed by atoms with E-state index in [2.05, 4.69) is 5.32 Å². The normalized spacial score (nSPS) is 15.1. The Morgan fingerprint density at radius 1 is 1.12 bits per heavy atom. The lowest BCUT2D eigenvalue weighted by Gasteiger charge is -2.16. The molecule has 3 rings (SSSR count). The second kappa shape index (κ2) is 7.47. The highest BCUT2D eigenvalue weighted by atomic mass is 32.2. The third-order valence-electron chi connectivity index (χ3n) is 4.43. The topological polar surface area (TPSA) is 86.7 Å². The summed E-state index contributed by atoms with van der Waals surface area (Å²) in [4.78, 5) is 12.3. The van der Waals surface area contributed by atoms with E-state index in [0.717, 1.165) is 24.0 Å². The average molecular weight is 374 g/mol. The summed E-state index contributed by atoms with van der Waals surface area (Å²) >= 11 is 0. The Morgan fingerprint density at radius 2 is 1.77 bits per heavy atom. The Kier molecular flexibility index (Phi) is 5.29. The number of aromatic hydroxyl groups is 1. The zero-order valence-corrected chi connectivity index (χ0v) is 15.4. The minimum absolute atomic E-state index is 0.0721. The largest absolute Gasteiger partial charge is 0.506 e. The van der Waals surface area contributed by atoms with Crippen molar-refractivity contribution in [2.75, 3.05) is 18.4 Å². The number of hydrogen-bond donors (Lipinski definition) is 2. The van der Waals surface area contributed by atoms with Crippen molar-refractivity contribution in [3.63, 3.8) is 0 Å². The molecule has 1 amide bonds. The summed E-state index contributed by atoms with van der Waals surface area (Å²) in [7, 11) is -3.61. The summed E-state index contributed by atoms with van der Waals surface area (Å²) < 4.78 is 26.7. The minimum Gasteiger partial charge on any atom is -0.506 e. The lowest BCUT2D eigenvalue weighted by atomic mass is 10.1. The standard InChI is InChI=1S/C19H22N2O4S/c1-14-4-6-15(7-5-14)12-19(23)20-17-13-16(8-9-18(17)22)26(24,25)21-10-2-3-11-21/h4-9,13,22H,2-3,10-12H2,1H3,(H,20,23). The second-order valence-corrected chi connectivity index (χ2v) is 8.44. The average Bonchev–Trinajstić information content (AvgIpc) is 3.14. The molecule has 0 unspecified atom stereocenters. The number of nitrogens with one attached hydrogen (secondary N) is 1. The molecule has 0 spiro atoms. The SMILES string of the molecule is Cc1ccc(CC(=O)Nc2cc(S(=O)(=O)N3CCCC3)ccc2O)cc1. The first-order chi connectivity index (χ1) is 12.4. The van der Waals surface area contributed by atoms with E-state index in [9.17, 15) is 18.3 Å². The summed E-state index contributed by atoms with van der Waals surface area (Å²) in [5, 5.41) is 12.6. The number of carbonyl (C=O) groups is 1. The molecule has 0 aromatic heterocycles. The van der Waals surface area contributed by atoms with Gasteiger partial charge in [-0.2, -0.15) is 4.31 Å². The Morgan fingerprint density at radius 3 is 2.42 bits per heavy atom. The zero-order chi connectivity index (χ0) is 18.7. The van der Waals surface area contributed by atoms with E-state index in [1.54, 1.807) is 0 Å².